The van der Waals surface area contributed by atoms with Crippen LogP contribution in [-0.2, 0) is 11.3 Å². The molecule has 2 fully saturated rings. The standard InChI is InChI=1S/C16H19NO2/c1-13-7-10-17(16(11-13)8-9-16)15(18)19-12-14-5-3-2-4-6-14/h2-6H,1,7-12H2. The highest BCUT2D eigenvalue weighted by Gasteiger charge is 2.52. The molecule has 0 N–H and O–H groups in total. The van der Waals surface area contributed by atoms with Crippen LogP contribution in [0.1, 0.15) is 31.2 Å². The van der Waals surface area contributed by atoms with E-state index in [2.05, 4.69) is 6.58 Å². The average Bonchev–Trinajstić information content (AvgIpc) is 3.17. The molecule has 1 aliphatic carbocycles. The molecule has 1 heterocycles. The Bertz CT molecular complexity index is 491. The molecule has 1 saturated heterocycles. The van der Waals surface area contributed by atoms with Gasteiger partial charge in [-0.15, -0.1) is 0 Å². The molecule has 0 unspecified atom stereocenters. The number of benzene rings is 1. The van der Waals surface area contributed by atoms with E-state index in [0.29, 0.717) is 6.61 Å². The van der Waals surface area contributed by atoms with E-state index in [0.717, 1.165) is 37.8 Å². The predicted octanol–water partition coefficient (Wildman–Crippen LogP) is 3.51. The predicted molar refractivity (Wildman–Crippen MR) is 73.7 cm³/mol. The van der Waals surface area contributed by atoms with E-state index in [1.54, 1.807) is 0 Å². The molecule has 0 radical (unpaired) electrons. The Morgan fingerprint density at radius 3 is 2.74 bits per heavy atom. The van der Waals surface area contributed by atoms with Gasteiger partial charge in [0.15, 0.2) is 0 Å². The third-order valence-electron chi connectivity index (χ3n) is 4.09. The quantitative estimate of drug-likeness (QED) is 0.759. The van der Waals surface area contributed by atoms with Gasteiger partial charge in [-0.1, -0.05) is 42.5 Å². The zero-order valence-corrected chi connectivity index (χ0v) is 11.1. The van der Waals surface area contributed by atoms with E-state index >= 15 is 0 Å². The maximum atomic E-state index is 12.2. The third kappa shape index (κ3) is 2.50. The summed E-state index contributed by atoms with van der Waals surface area (Å²) in [6, 6.07) is 9.81. The van der Waals surface area contributed by atoms with Gasteiger partial charge in [-0.2, -0.15) is 0 Å². The van der Waals surface area contributed by atoms with E-state index in [9.17, 15) is 4.79 Å². The molecule has 3 nitrogen and oxygen atoms in total. The number of ether oxygens (including phenoxy) is 1. The van der Waals surface area contributed by atoms with Crippen molar-refractivity contribution in [1.29, 1.82) is 0 Å². The van der Waals surface area contributed by atoms with Gasteiger partial charge in [0, 0.05) is 6.54 Å². The fraction of sp³-hybridized carbons (Fsp3) is 0.438. The molecule has 1 aliphatic heterocycles. The molecule has 3 rings (SSSR count). The Kier molecular flexibility index (Phi) is 3.05. The van der Waals surface area contributed by atoms with Gasteiger partial charge in [0.1, 0.15) is 6.61 Å². The molecule has 100 valence electrons. The van der Waals surface area contributed by atoms with Crippen LogP contribution in [0.4, 0.5) is 4.79 Å². The number of rotatable bonds is 2. The van der Waals surface area contributed by atoms with Crippen LogP contribution in [0.15, 0.2) is 42.5 Å². The van der Waals surface area contributed by atoms with Crippen LogP contribution >= 0.6 is 0 Å². The first-order valence-electron chi connectivity index (χ1n) is 6.85. The summed E-state index contributed by atoms with van der Waals surface area (Å²) in [5.41, 5.74) is 2.34. The summed E-state index contributed by atoms with van der Waals surface area (Å²) in [7, 11) is 0. The minimum Gasteiger partial charge on any atom is -0.445 e. The largest absolute Gasteiger partial charge is 0.445 e. The van der Waals surface area contributed by atoms with Crippen LogP contribution in [0.25, 0.3) is 0 Å². The summed E-state index contributed by atoms with van der Waals surface area (Å²) in [5, 5.41) is 0. The van der Waals surface area contributed by atoms with Crippen LogP contribution in [0.5, 0.6) is 0 Å². The number of amides is 1. The highest BCUT2D eigenvalue weighted by molar-refractivity contribution is 5.70. The van der Waals surface area contributed by atoms with Crippen LogP contribution in [0, 0.1) is 0 Å². The topological polar surface area (TPSA) is 29.5 Å². The van der Waals surface area contributed by atoms with E-state index in [1.165, 1.54) is 5.57 Å². The van der Waals surface area contributed by atoms with E-state index < -0.39 is 0 Å². The normalized spacial score (nSPS) is 20.4. The molecule has 19 heavy (non-hydrogen) atoms. The van der Waals surface area contributed by atoms with Gasteiger partial charge in [-0.05, 0) is 31.2 Å². The first-order valence-corrected chi connectivity index (χ1v) is 6.85. The number of likely N-dealkylation sites (tertiary alicyclic amines) is 1. The Labute approximate surface area is 113 Å². The number of hydrogen-bond donors (Lipinski definition) is 0. The smallest absolute Gasteiger partial charge is 0.410 e. The second-order valence-electron chi connectivity index (χ2n) is 5.59. The molecule has 2 aliphatic rings. The first kappa shape index (κ1) is 12.3. The van der Waals surface area contributed by atoms with Crippen molar-refractivity contribution in [2.75, 3.05) is 6.54 Å². The van der Waals surface area contributed by atoms with Crippen molar-refractivity contribution in [3.05, 3.63) is 48.0 Å². The van der Waals surface area contributed by atoms with Gasteiger partial charge in [-0.25, -0.2) is 4.79 Å². The Morgan fingerprint density at radius 2 is 2.05 bits per heavy atom. The van der Waals surface area contributed by atoms with Gasteiger partial charge in [0.2, 0.25) is 0 Å². The number of nitrogens with zero attached hydrogens (tertiary/aromatic N) is 1. The summed E-state index contributed by atoms with van der Waals surface area (Å²) < 4.78 is 5.44. The lowest BCUT2D eigenvalue weighted by Gasteiger charge is -2.36. The molecule has 1 aromatic rings. The van der Waals surface area contributed by atoms with E-state index in [4.69, 9.17) is 4.74 Å². The monoisotopic (exact) mass is 257 g/mol. The molecule has 1 spiro atoms. The molecule has 3 heteroatoms. The van der Waals surface area contributed by atoms with Crippen molar-refractivity contribution in [2.45, 2.75) is 37.8 Å². The van der Waals surface area contributed by atoms with Gasteiger partial charge >= 0.3 is 6.09 Å². The van der Waals surface area contributed by atoms with E-state index in [1.807, 2.05) is 35.2 Å². The molecule has 0 aromatic heterocycles. The zero-order chi connectivity index (χ0) is 13.3. The summed E-state index contributed by atoms with van der Waals surface area (Å²) in [4.78, 5) is 14.1. The summed E-state index contributed by atoms with van der Waals surface area (Å²) in [6.45, 7) is 5.17. The van der Waals surface area contributed by atoms with Crippen molar-refractivity contribution in [3.8, 4) is 0 Å². The molecular formula is C16H19NO2. The lowest BCUT2D eigenvalue weighted by Crippen LogP contribution is -2.46. The highest BCUT2D eigenvalue weighted by Crippen LogP contribution is 2.49. The first-order chi connectivity index (χ1) is 9.20. The number of carbonyl (C=O) groups excluding carboxylic acids is 1. The molecule has 0 bridgehead atoms. The second-order valence-corrected chi connectivity index (χ2v) is 5.59. The molecule has 1 aromatic carbocycles. The van der Waals surface area contributed by atoms with Gasteiger partial charge in [0.05, 0.1) is 5.54 Å². The molecule has 1 amide bonds. The third-order valence-corrected chi connectivity index (χ3v) is 4.09. The summed E-state index contributed by atoms with van der Waals surface area (Å²) >= 11 is 0. The van der Waals surface area contributed by atoms with Crippen molar-refractivity contribution in [1.82, 2.24) is 4.90 Å². The van der Waals surface area contributed by atoms with Crippen molar-refractivity contribution >= 4 is 6.09 Å². The van der Waals surface area contributed by atoms with Crippen LogP contribution in [-0.4, -0.2) is 23.1 Å². The van der Waals surface area contributed by atoms with Crippen LogP contribution in [0.2, 0.25) is 0 Å². The Balaban J connectivity index is 1.60. The van der Waals surface area contributed by atoms with Crippen molar-refractivity contribution in [3.63, 3.8) is 0 Å². The summed E-state index contributed by atoms with van der Waals surface area (Å²) in [6.07, 6.45) is 3.86. The maximum Gasteiger partial charge on any atom is 0.410 e. The lowest BCUT2D eigenvalue weighted by atomic mass is 9.96. The molecule has 0 atom stereocenters. The summed E-state index contributed by atoms with van der Waals surface area (Å²) in [5.74, 6) is 0. The minimum absolute atomic E-state index is 0.0447. The minimum atomic E-state index is -0.172. The lowest BCUT2D eigenvalue weighted by molar-refractivity contribution is 0.0689. The molecular weight excluding hydrogens is 238 g/mol. The maximum absolute atomic E-state index is 12.2. The van der Waals surface area contributed by atoms with Gasteiger partial charge in [-0.3, -0.25) is 0 Å². The zero-order valence-electron chi connectivity index (χ0n) is 11.1. The van der Waals surface area contributed by atoms with Crippen LogP contribution < -0.4 is 0 Å². The van der Waals surface area contributed by atoms with Crippen LogP contribution in [0.3, 0.4) is 0 Å². The number of hydrogen-bond acceptors (Lipinski definition) is 2. The fourth-order valence-corrected chi connectivity index (χ4v) is 2.83. The second kappa shape index (κ2) is 4.72. The SMILES string of the molecule is C=C1CCN(C(=O)OCc2ccccc2)C2(CC2)C1. The Hall–Kier alpha value is -1.77. The molecule has 1 saturated carbocycles. The van der Waals surface area contributed by atoms with E-state index in [-0.39, 0.29) is 11.6 Å². The fourth-order valence-electron chi connectivity index (χ4n) is 2.83. The number of carbonyl (C=O) groups is 1. The highest BCUT2D eigenvalue weighted by atomic mass is 16.6. The van der Waals surface area contributed by atoms with Gasteiger partial charge in [0.25, 0.3) is 0 Å². The van der Waals surface area contributed by atoms with Gasteiger partial charge < -0.3 is 9.64 Å². The van der Waals surface area contributed by atoms with Crippen molar-refractivity contribution < 1.29 is 9.53 Å². The average molecular weight is 257 g/mol. The van der Waals surface area contributed by atoms with Crippen molar-refractivity contribution in [2.24, 2.45) is 0 Å². The number of piperidine rings is 1. The Morgan fingerprint density at radius 1 is 1.32 bits per heavy atom.